The minimum atomic E-state index is 0.667. The topological polar surface area (TPSA) is 43.8 Å². The van der Waals surface area contributed by atoms with Crippen molar-refractivity contribution >= 4 is 0 Å². The molecule has 1 rings (SSSR count). The predicted molar refractivity (Wildman–Crippen MR) is 63.6 cm³/mol. The molecular weight excluding hydrogens is 186 g/mol. The van der Waals surface area contributed by atoms with Crippen LogP contribution in [0.5, 0.6) is 0 Å². The first-order valence-electron chi connectivity index (χ1n) is 5.28. The second-order valence-corrected chi connectivity index (χ2v) is 3.42. The molecule has 82 valence electrons. The largest absolute Gasteiger partial charge is 0.330 e. The molecule has 0 amide bonds. The van der Waals surface area contributed by atoms with Crippen LogP contribution in [0, 0.1) is 0 Å². The van der Waals surface area contributed by atoms with E-state index in [9.17, 15) is 0 Å². The molecule has 3 heteroatoms. The molecule has 0 atom stereocenters. The molecule has 0 aliphatic carbocycles. The number of rotatable bonds is 5. The fourth-order valence-electron chi connectivity index (χ4n) is 1.50. The van der Waals surface area contributed by atoms with Crippen LogP contribution in [0.25, 0.3) is 0 Å². The Labute approximate surface area is 91.3 Å². The summed E-state index contributed by atoms with van der Waals surface area (Å²) in [7, 11) is 0. The smallest absolute Gasteiger partial charge is 0.0951 e. The minimum Gasteiger partial charge on any atom is -0.330 e. The van der Waals surface area contributed by atoms with Crippen LogP contribution in [-0.4, -0.2) is 16.1 Å². The van der Waals surface area contributed by atoms with Gasteiger partial charge in [0.1, 0.15) is 0 Å². The van der Waals surface area contributed by atoms with E-state index in [1.807, 2.05) is 19.4 Å². The monoisotopic (exact) mass is 205 g/mol. The second-order valence-electron chi connectivity index (χ2n) is 3.42. The Morgan fingerprint density at radius 3 is 2.93 bits per heavy atom. The fraction of sp³-hybridized carbons (Fsp3) is 0.417. The van der Waals surface area contributed by atoms with Crippen LogP contribution in [-0.2, 0) is 13.0 Å². The highest BCUT2D eigenvalue weighted by atomic mass is 15.0. The number of hydrogen-bond acceptors (Lipinski definition) is 2. The lowest BCUT2D eigenvalue weighted by atomic mass is 10.2. The quantitative estimate of drug-likeness (QED) is 0.746. The molecule has 0 radical (unpaired) electrons. The minimum absolute atomic E-state index is 0.667. The van der Waals surface area contributed by atoms with Crippen LogP contribution in [0.3, 0.4) is 0 Å². The van der Waals surface area contributed by atoms with E-state index < -0.39 is 0 Å². The number of allylic oxidation sites excluding steroid dienone is 4. The molecule has 1 aromatic heterocycles. The van der Waals surface area contributed by atoms with Crippen molar-refractivity contribution in [2.75, 3.05) is 6.54 Å². The summed E-state index contributed by atoms with van der Waals surface area (Å²) in [6.45, 7) is 5.61. The van der Waals surface area contributed by atoms with E-state index in [4.69, 9.17) is 5.73 Å². The molecule has 2 N–H and O–H groups in total. The van der Waals surface area contributed by atoms with E-state index >= 15 is 0 Å². The molecule has 0 bridgehead atoms. The third-order valence-electron chi connectivity index (χ3n) is 2.30. The van der Waals surface area contributed by atoms with Crippen LogP contribution in [0.4, 0.5) is 0 Å². The lowest BCUT2D eigenvalue weighted by Crippen LogP contribution is -2.09. The molecule has 0 unspecified atom stereocenters. The van der Waals surface area contributed by atoms with Gasteiger partial charge >= 0.3 is 0 Å². The van der Waals surface area contributed by atoms with Crippen molar-refractivity contribution in [3.63, 3.8) is 0 Å². The first-order chi connectivity index (χ1) is 7.31. The standard InChI is InChI=1S/C12H19N3/c1-3-5-11(4-2)9-15-10-14-8-12(15)6-7-13/h3-5,8,10H,6-7,9,13H2,1-2H3/b5-3-,11-4+. The van der Waals surface area contributed by atoms with Gasteiger partial charge in [-0.25, -0.2) is 4.98 Å². The Morgan fingerprint density at radius 1 is 1.53 bits per heavy atom. The van der Waals surface area contributed by atoms with Gasteiger partial charge in [0.05, 0.1) is 6.33 Å². The van der Waals surface area contributed by atoms with Crippen LogP contribution >= 0.6 is 0 Å². The Kier molecular flexibility index (Phi) is 4.84. The molecule has 0 aromatic carbocycles. The van der Waals surface area contributed by atoms with Crippen LogP contribution in [0.1, 0.15) is 19.5 Å². The Bertz CT molecular complexity index is 348. The molecule has 3 nitrogen and oxygen atoms in total. The van der Waals surface area contributed by atoms with E-state index in [1.54, 1.807) is 0 Å². The van der Waals surface area contributed by atoms with Crippen molar-refractivity contribution in [3.05, 3.63) is 42.0 Å². The molecule has 1 heterocycles. The molecule has 1 aromatic rings. The van der Waals surface area contributed by atoms with Crippen molar-refractivity contribution < 1.29 is 0 Å². The SMILES string of the molecule is C/C=C\C(=C/C)Cn1cncc1CCN. The van der Waals surface area contributed by atoms with Gasteiger partial charge < -0.3 is 10.3 Å². The van der Waals surface area contributed by atoms with Crippen molar-refractivity contribution in [2.24, 2.45) is 5.73 Å². The lowest BCUT2D eigenvalue weighted by molar-refractivity contribution is 0.731. The van der Waals surface area contributed by atoms with E-state index in [0.29, 0.717) is 6.54 Å². The highest BCUT2D eigenvalue weighted by molar-refractivity contribution is 5.18. The van der Waals surface area contributed by atoms with Crippen molar-refractivity contribution in [3.8, 4) is 0 Å². The van der Waals surface area contributed by atoms with Gasteiger partial charge in [-0.05, 0) is 26.0 Å². The first kappa shape index (κ1) is 11.7. The second kappa shape index (κ2) is 6.19. The van der Waals surface area contributed by atoms with Crippen molar-refractivity contribution in [2.45, 2.75) is 26.8 Å². The highest BCUT2D eigenvalue weighted by Crippen LogP contribution is 2.06. The molecule has 15 heavy (non-hydrogen) atoms. The number of imidazole rings is 1. The summed E-state index contributed by atoms with van der Waals surface area (Å²) in [5.41, 5.74) is 8.02. The average Bonchev–Trinajstić information content (AvgIpc) is 2.66. The van der Waals surface area contributed by atoms with Gasteiger partial charge in [-0.3, -0.25) is 0 Å². The Hall–Kier alpha value is -1.35. The van der Waals surface area contributed by atoms with Crippen molar-refractivity contribution in [1.82, 2.24) is 9.55 Å². The van der Waals surface area contributed by atoms with E-state index in [-0.39, 0.29) is 0 Å². The zero-order valence-corrected chi connectivity index (χ0v) is 9.48. The molecule has 0 fully saturated rings. The highest BCUT2D eigenvalue weighted by Gasteiger charge is 2.01. The molecular formula is C12H19N3. The summed E-state index contributed by atoms with van der Waals surface area (Å²) in [4.78, 5) is 4.14. The zero-order valence-electron chi connectivity index (χ0n) is 9.48. The Balaban J connectivity index is 2.74. The number of hydrogen-bond donors (Lipinski definition) is 1. The van der Waals surface area contributed by atoms with Crippen LogP contribution in [0.2, 0.25) is 0 Å². The number of aromatic nitrogens is 2. The van der Waals surface area contributed by atoms with Gasteiger partial charge in [0, 0.05) is 24.9 Å². The van der Waals surface area contributed by atoms with Crippen LogP contribution in [0.15, 0.2) is 36.3 Å². The summed E-state index contributed by atoms with van der Waals surface area (Å²) in [6.07, 6.45) is 10.9. The van der Waals surface area contributed by atoms with Gasteiger partial charge in [0.25, 0.3) is 0 Å². The molecule has 0 saturated heterocycles. The van der Waals surface area contributed by atoms with Crippen LogP contribution < -0.4 is 5.73 Å². The third kappa shape index (κ3) is 3.36. The van der Waals surface area contributed by atoms with E-state index in [2.05, 4.69) is 34.7 Å². The van der Waals surface area contributed by atoms with Crippen molar-refractivity contribution in [1.29, 1.82) is 0 Å². The maximum atomic E-state index is 5.54. The van der Waals surface area contributed by atoms with Gasteiger partial charge in [0.2, 0.25) is 0 Å². The van der Waals surface area contributed by atoms with E-state index in [1.165, 1.54) is 11.3 Å². The van der Waals surface area contributed by atoms with Gasteiger partial charge in [-0.1, -0.05) is 18.2 Å². The maximum Gasteiger partial charge on any atom is 0.0951 e. The normalized spacial score (nSPS) is 12.6. The third-order valence-corrected chi connectivity index (χ3v) is 2.30. The fourth-order valence-corrected chi connectivity index (χ4v) is 1.50. The summed E-state index contributed by atoms with van der Waals surface area (Å²) >= 11 is 0. The summed E-state index contributed by atoms with van der Waals surface area (Å²) in [5, 5.41) is 0. The predicted octanol–water partition coefficient (Wildman–Crippen LogP) is 1.91. The number of nitrogens with two attached hydrogens (primary N) is 1. The maximum absolute atomic E-state index is 5.54. The molecule has 0 saturated carbocycles. The van der Waals surface area contributed by atoms with Gasteiger partial charge in [-0.2, -0.15) is 0 Å². The molecule has 0 spiro atoms. The molecule has 0 aliphatic rings. The molecule has 0 aliphatic heterocycles. The summed E-state index contributed by atoms with van der Waals surface area (Å²) < 4.78 is 2.14. The zero-order chi connectivity index (χ0) is 11.1. The Morgan fingerprint density at radius 2 is 2.33 bits per heavy atom. The van der Waals surface area contributed by atoms with Gasteiger partial charge in [0.15, 0.2) is 0 Å². The van der Waals surface area contributed by atoms with E-state index in [0.717, 1.165) is 13.0 Å². The number of nitrogens with zero attached hydrogens (tertiary/aromatic N) is 2. The summed E-state index contributed by atoms with van der Waals surface area (Å²) in [5.74, 6) is 0. The first-order valence-corrected chi connectivity index (χ1v) is 5.28. The lowest BCUT2D eigenvalue weighted by Gasteiger charge is -2.07. The van der Waals surface area contributed by atoms with Gasteiger partial charge in [-0.15, -0.1) is 0 Å². The summed E-state index contributed by atoms with van der Waals surface area (Å²) in [6, 6.07) is 0. The average molecular weight is 205 g/mol.